The van der Waals surface area contributed by atoms with Gasteiger partial charge in [0.1, 0.15) is 5.82 Å². The van der Waals surface area contributed by atoms with Gasteiger partial charge in [0, 0.05) is 37.0 Å². The third kappa shape index (κ3) is 3.57. The van der Waals surface area contributed by atoms with Crippen LogP contribution in [-0.4, -0.2) is 36.9 Å². The van der Waals surface area contributed by atoms with Crippen molar-refractivity contribution in [1.29, 1.82) is 0 Å². The molecule has 0 aromatic heterocycles. The number of aliphatic carboxylic acids is 1. The molecule has 1 aromatic rings. The predicted octanol–water partition coefficient (Wildman–Crippen LogP) is 2.54. The second-order valence-corrected chi connectivity index (χ2v) is 4.83. The number of anilines is 1. The van der Waals surface area contributed by atoms with Crippen molar-refractivity contribution in [1.82, 2.24) is 0 Å². The van der Waals surface area contributed by atoms with Crippen molar-refractivity contribution in [3.8, 4) is 0 Å². The van der Waals surface area contributed by atoms with Crippen LogP contribution >= 0.6 is 0 Å². The number of benzene rings is 1. The number of carboxylic acids is 1. The second-order valence-electron chi connectivity index (χ2n) is 4.83. The van der Waals surface area contributed by atoms with Crippen LogP contribution in [0.3, 0.4) is 0 Å². The van der Waals surface area contributed by atoms with Gasteiger partial charge in [-0.1, -0.05) is 6.07 Å². The summed E-state index contributed by atoms with van der Waals surface area (Å²) in [6.07, 6.45) is 3.20. The van der Waals surface area contributed by atoms with Gasteiger partial charge in [-0.15, -0.1) is 0 Å². The number of carbonyl (C=O) groups is 1. The maximum Gasteiger partial charge on any atom is 0.328 e. The fourth-order valence-corrected chi connectivity index (χ4v) is 2.33. The van der Waals surface area contributed by atoms with E-state index in [0.717, 1.165) is 19.0 Å². The Labute approximate surface area is 117 Å². The number of hydrogen-bond acceptors (Lipinski definition) is 3. The summed E-state index contributed by atoms with van der Waals surface area (Å²) in [7, 11) is 0. The molecule has 1 aliphatic rings. The molecular weight excluding hydrogens is 261 g/mol. The molecule has 2 rings (SSSR count). The Morgan fingerprint density at radius 3 is 3.10 bits per heavy atom. The molecule has 0 aliphatic carbocycles. The van der Waals surface area contributed by atoms with Gasteiger partial charge in [-0.25, -0.2) is 9.18 Å². The molecule has 4 nitrogen and oxygen atoms in total. The van der Waals surface area contributed by atoms with E-state index in [4.69, 9.17) is 9.84 Å². The normalized spacial score (nSPS) is 20.1. The van der Waals surface area contributed by atoms with Crippen LogP contribution in [0, 0.1) is 5.82 Å². The zero-order chi connectivity index (χ0) is 14.5. The van der Waals surface area contributed by atoms with Crippen molar-refractivity contribution in [2.75, 3.05) is 24.6 Å². The lowest BCUT2D eigenvalue weighted by molar-refractivity contribution is -0.131. The van der Waals surface area contributed by atoms with Crippen LogP contribution in [-0.2, 0) is 9.53 Å². The van der Waals surface area contributed by atoms with Gasteiger partial charge >= 0.3 is 5.97 Å². The predicted molar refractivity (Wildman–Crippen MR) is 75.3 cm³/mol. The molecule has 0 bridgehead atoms. The maximum atomic E-state index is 14.0. The molecule has 0 saturated carbocycles. The van der Waals surface area contributed by atoms with E-state index in [1.807, 2.05) is 17.9 Å². The minimum atomic E-state index is -1.09. The van der Waals surface area contributed by atoms with Crippen molar-refractivity contribution in [2.24, 2.45) is 0 Å². The number of halogens is 1. The van der Waals surface area contributed by atoms with Crippen LogP contribution in [0.4, 0.5) is 10.1 Å². The van der Waals surface area contributed by atoms with E-state index < -0.39 is 11.8 Å². The molecule has 5 heteroatoms. The first-order valence-electron chi connectivity index (χ1n) is 6.64. The second kappa shape index (κ2) is 6.52. The summed E-state index contributed by atoms with van der Waals surface area (Å²) in [5, 5.41) is 8.71. The molecule has 0 amide bonds. The fraction of sp³-hybridized carbons (Fsp3) is 0.400. The van der Waals surface area contributed by atoms with Crippen LogP contribution in [0.5, 0.6) is 0 Å². The van der Waals surface area contributed by atoms with Crippen LogP contribution in [0.1, 0.15) is 18.9 Å². The van der Waals surface area contributed by atoms with Gasteiger partial charge in [0.2, 0.25) is 0 Å². The van der Waals surface area contributed by atoms with E-state index in [1.165, 1.54) is 12.1 Å². The number of rotatable bonds is 3. The first-order valence-corrected chi connectivity index (χ1v) is 6.64. The molecule has 108 valence electrons. The largest absolute Gasteiger partial charge is 0.478 e. The minimum Gasteiger partial charge on any atom is -0.478 e. The fourth-order valence-electron chi connectivity index (χ4n) is 2.33. The van der Waals surface area contributed by atoms with Gasteiger partial charge in [0.25, 0.3) is 0 Å². The third-order valence-corrected chi connectivity index (χ3v) is 3.22. The molecule has 0 spiro atoms. The van der Waals surface area contributed by atoms with Crippen molar-refractivity contribution < 1.29 is 19.0 Å². The molecular formula is C15H18FNO3. The van der Waals surface area contributed by atoms with Crippen molar-refractivity contribution in [2.45, 2.75) is 19.4 Å². The summed E-state index contributed by atoms with van der Waals surface area (Å²) in [6.45, 7) is 4.09. The van der Waals surface area contributed by atoms with Gasteiger partial charge in [-0.2, -0.15) is 0 Å². The monoisotopic (exact) mass is 279 g/mol. The van der Waals surface area contributed by atoms with Gasteiger partial charge in [0.15, 0.2) is 0 Å². The number of carboxylic acid groups (broad SMARTS) is 1. The quantitative estimate of drug-likeness (QED) is 0.864. The van der Waals surface area contributed by atoms with Crippen LogP contribution < -0.4 is 4.90 Å². The maximum absolute atomic E-state index is 14.0. The molecule has 1 N–H and O–H groups in total. The summed E-state index contributed by atoms with van der Waals surface area (Å²) in [5.74, 6) is -1.51. The lowest BCUT2D eigenvalue weighted by atomic mass is 10.1. The SMILES string of the molecule is CC1CN(c2cccc(F)c2/C=C/C(=O)O)CCCO1. The number of hydrogen-bond donors (Lipinski definition) is 1. The van der Waals surface area contributed by atoms with E-state index in [2.05, 4.69) is 0 Å². The van der Waals surface area contributed by atoms with Gasteiger partial charge in [0.05, 0.1) is 6.10 Å². The lowest BCUT2D eigenvalue weighted by Gasteiger charge is -2.26. The van der Waals surface area contributed by atoms with Crippen LogP contribution in [0.2, 0.25) is 0 Å². The van der Waals surface area contributed by atoms with Gasteiger partial charge < -0.3 is 14.7 Å². The highest BCUT2D eigenvalue weighted by Crippen LogP contribution is 2.26. The summed E-state index contributed by atoms with van der Waals surface area (Å²) in [5.41, 5.74) is 1.02. The van der Waals surface area contributed by atoms with Crippen molar-refractivity contribution >= 4 is 17.7 Å². The third-order valence-electron chi connectivity index (χ3n) is 3.22. The molecule has 1 aromatic carbocycles. The Kier molecular flexibility index (Phi) is 4.74. The molecule has 0 radical (unpaired) electrons. The Morgan fingerprint density at radius 1 is 1.55 bits per heavy atom. The van der Waals surface area contributed by atoms with Gasteiger partial charge in [-0.3, -0.25) is 0 Å². The average Bonchev–Trinajstić information content (AvgIpc) is 2.61. The van der Waals surface area contributed by atoms with E-state index in [0.29, 0.717) is 24.4 Å². The van der Waals surface area contributed by atoms with E-state index in [1.54, 1.807) is 6.07 Å². The van der Waals surface area contributed by atoms with E-state index >= 15 is 0 Å². The highest BCUT2D eigenvalue weighted by Gasteiger charge is 2.18. The topological polar surface area (TPSA) is 49.8 Å². The van der Waals surface area contributed by atoms with E-state index in [9.17, 15) is 9.18 Å². The Bertz CT molecular complexity index is 516. The van der Waals surface area contributed by atoms with E-state index in [-0.39, 0.29) is 6.10 Å². The highest BCUT2D eigenvalue weighted by molar-refractivity contribution is 5.87. The zero-order valence-corrected chi connectivity index (χ0v) is 11.4. The molecule has 20 heavy (non-hydrogen) atoms. The molecule has 1 aliphatic heterocycles. The van der Waals surface area contributed by atoms with Crippen molar-refractivity contribution in [3.05, 3.63) is 35.7 Å². The average molecular weight is 279 g/mol. The minimum absolute atomic E-state index is 0.0667. The molecule has 1 atom stereocenters. The molecule has 1 unspecified atom stereocenters. The van der Waals surface area contributed by atoms with Crippen LogP contribution in [0.25, 0.3) is 6.08 Å². The summed E-state index contributed by atoms with van der Waals surface area (Å²) >= 11 is 0. The Morgan fingerprint density at radius 2 is 2.35 bits per heavy atom. The summed E-state index contributed by atoms with van der Waals surface area (Å²) < 4.78 is 19.5. The number of nitrogens with zero attached hydrogens (tertiary/aromatic N) is 1. The molecule has 1 fully saturated rings. The Balaban J connectivity index is 2.34. The standard InChI is InChI=1S/C15H18FNO3/c1-11-10-17(8-3-9-20-11)14-5-2-4-13(16)12(14)6-7-15(18)19/h2,4-7,11H,3,8-10H2,1H3,(H,18,19)/b7-6+. The molecule has 1 heterocycles. The van der Waals surface area contributed by atoms with Crippen LogP contribution in [0.15, 0.2) is 24.3 Å². The smallest absolute Gasteiger partial charge is 0.328 e. The summed E-state index contributed by atoms with van der Waals surface area (Å²) in [6, 6.07) is 4.78. The molecule has 1 saturated heterocycles. The van der Waals surface area contributed by atoms with Gasteiger partial charge in [-0.05, 0) is 31.6 Å². The zero-order valence-electron chi connectivity index (χ0n) is 11.4. The number of ether oxygens (including phenoxy) is 1. The lowest BCUT2D eigenvalue weighted by Crippen LogP contribution is -2.30. The van der Waals surface area contributed by atoms with Crippen molar-refractivity contribution in [3.63, 3.8) is 0 Å². The first kappa shape index (κ1) is 14.5. The first-order chi connectivity index (χ1) is 9.58. The highest BCUT2D eigenvalue weighted by atomic mass is 19.1. The summed E-state index contributed by atoms with van der Waals surface area (Å²) in [4.78, 5) is 12.7. The Hall–Kier alpha value is -1.88.